The number of hydrogen-bond acceptors (Lipinski definition) is 6. The van der Waals surface area contributed by atoms with Gasteiger partial charge in [0, 0.05) is 6.42 Å². The summed E-state index contributed by atoms with van der Waals surface area (Å²) in [6.45, 7) is 6.16. The molecular formula is C14H16N4O2S. The van der Waals surface area contributed by atoms with E-state index in [1.54, 1.807) is 13.3 Å². The number of carbonyl (C=O) groups is 1. The Kier molecular flexibility index (Phi) is 3.59. The maximum atomic E-state index is 12.0. The molecule has 0 aliphatic heterocycles. The van der Waals surface area contributed by atoms with Gasteiger partial charge in [-0.25, -0.2) is 9.78 Å². The van der Waals surface area contributed by atoms with E-state index < -0.39 is 0 Å². The summed E-state index contributed by atoms with van der Waals surface area (Å²) in [4.78, 5) is 17.8. The van der Waals surface area contributed by atoms with Crippen LogP contribution in [0.15, 0.2) is 6.33 Å². The summed E-state index contributed by atoms with van der Waals surface area (Å²) in [6.07, 6.45) is 3.57. The fourth-order valence-electron chi connectivity index (χ4n) is 2.36. The largest absolute Gasteiger partial charge is 0.462 e. The lowest BCUT2D eigenvalue weighted by Crippen LogP contribution is -2.03. The number of hydrogen-bond donors (Lipinski definition) is 0. The molecule has 7 heteroatoms. The predicted octanol–water partition coefficient (Wildman–Crippen LogP) is 2.78. The second-order valence-corrected chi connectivity index (χ2v) is 5.76. The van der Waals surface area contributed by atoms with Gasteiger partial charge in [0.25, 0.3) is 0 Å². The molecule has 3 rings (SSSR count). The number of thiophene rings is 1. The van der Waals surface area contributed by atoms with Gasteiger partial charge in [-0.15, -0.1) is 21.5 Å². The lowest BCUT2D eigenvalue weighted by molar-refractivity contribution is 0.0531. The first kappa shape index (κ1) is 13.9. The molecule has 3 aromatic rings. The zero-order chi connectivity index (χ0) is 15.0. The molecule has 0 saturated carbocycles. The lowest BCUT2D eigenvalue weighted by Gasteiger charge is -2.00. The van der Waals surface area contributed by atoms with E-state index in [0.717, 1.165) is 40.1 Å². The number of esters is 1. The van der Waals surface area contributed by atoms with Crippen LogP contribution in [-0.4, -0.2) is 32.2 Å². The van der Waals surface area contributed by atoms with Crippen LogP contribution in [0.5, 0.6) is 0 Å². The first-order chi connectivity index (χ1) is 10.2. The van der Waals surface area contributed by atoms with Crippen LogP contribution in [0.4, 0.5) is 0 Å². The molecule has 0 aliphatic rings. The molecule has 0 fully saturated rings. The van der Waals surface area contributed by atoms with E-state index >= 15 is 0 Å². The van der Waals surface area contributed by atoms with E-state index in [2.05, 4.69) is 22.1 Å². The van der Waals surface area contributed by atoms with Crippen molar-refractivity contribution in [2.75, 3.05) is 6.61 Å². The average molecular weight is 304 g/mol. The molecule has 0 atom stereocenters. The average Bonchev–Trinajstić information content (AvgIpc) is 3.01. The maximum Gasteiger partial charge on any atom is 0.348 e. The monoisotopic (exact) mass is 304 g/mol. The van der Waals surface area contributed by atoms with Crippen molar-refractivity contribution in [1.29, 1.82) is 0 Å². The third-order valence-corrected chi connectivity index (χ3v) is 4.52. The standard InChI is InChI=1S/C14H16N4O2S/c1-4-6-9-16-17-12-10-8(3)11(14(19)20-5-2)21-13(10)15-7-18(9)12/h7H,4-6H2,1-3H3. The van der Waals surface area contributed by atoms with Crippen LogP contribution in [0.2, 0.25) is 0 Å². The number of carbonyl (C=O) groups excluding carboxylic acids is 1. The molecule has 0 radical (unpaired) electrons. The highest BCUT2D eigenvalue weighted by Gasteiger charge is 2.20. The molecule has 110 valence electrons. The van der Waals surface area contributed by atoms with Gasteiger partial charge in [-0.05, 0) is 25.8 Å². The van der Waals surface area contributed by atoms with Gasteiger partial charge in [0.1, 0.15) is 21.9 Å². The van der Waals surface area contributed by atoms with Gasteiger partial charge < -0.3 is 4.74 Å². The van der Waals surface area contributed by atoms with Crippen molar-refractivity contribution in [3.63, 3.8) is 0 Å². The summed E-state index contributed by atoms with van der Waals surface area (Å²) in [5, 5.41) is 9.39. The van der Waals surface area contributed by atoms with Crippen molar-refractivity contribution in [2.24, 2.45) is 0 Å². The number of rotatable bonds is 4. The molecule has 3 aromatic heterocycles. The minimum atomic E-state index is -0.301. The fraction of sp³-hybridized carbons (Fsp3) is 0.429. The molecular weight excluding hydrogens is 288 g/mol. The van der Waals surface area contributed by atoms with Gasteiger partial charge in [0.15, 0.2) is 5.65 Å². The van der Waals surface area contributed by atoms with Crippen LogP contribution in [0, 0.1) is 6.92 Å². The number of aromatic nitrogens is 4. The van der Waals surface area contributed by atoms with Crippen molar-refractivity contribution >= 4 is 33.2 Å². The molecule has 0 N–H and O–H groups in total. The van der Waals surface area contributed by atoms with Crippen molar-refractivity contribution < 1.29 is 9.53 Å². The zero-order valence-corrected chi connectivity index (χ0v) is 13.0. The number of fused-ring (bicyclic) bond motifs is 3. The SMILES string of the molecule is CCCc1nnc2c3c(C)c(C(=O)OCC)sc3ncn12. The van der Waals surface area contributed by atoms with Crippen molar-refractivity contribution in [2.45, 2.75) is 33.6 Å². The molecule has 0 unspecified atom stereocenters. The highest BCUT2D eigenvalue weighted by Crippen LogP contribution is 2.32. The highest BCUT2D eigenvalue weighted by molar-refractivity contribution is 7.20. The van der Waals surface area contributed by atoms with Gasteiger partial charge in [0.2, 0.25) is 0 Å². The van der Waals surface area contributed by atoms with Gasteiger partial charge >= 0.3 is 5.97 Å². The van der Waals surface area contributed by atoms with Crippen LogP contribution in [0.3, 0.4) is 0 Å². The predicted molar refractivity (Wildman–Crippen MR) is 80.9 cm³/mol. The molecule has 0 aliphatic carbocycles. The summed E-state index contributed by atoms with van der Waals surface area (Å²) in [7, 11) is 0. The summed E-state index contributed by atoms with van der Waals surface area (Å²) in [5.74, 6) is 0.592. The van der Waals surface area contributed by atoms with E-state index in [4.69, 9.17) is 4.74 Å². The van der Waals surface area contributed by atoms with Crippen LogP contribution in [-0.2, 0) is 11.2 Å². The first-order valence-corrected chi connectivity index (χ1v) is 7.77. The second-order valence-electron chi connectivity index (χ2n) is 4.76. The molecule has 21 heavy (non-hydrogen) atoms. The molecule has 0 saturated heterocycles. The van der Waals surface area contributed by atoms with Gasteiger partial charge in [0.05, 0.1) is 12.0 Å². The van der Waals surface area contributed by atoms with Crippen LogP contribution in [0.25, 0.3) is 15.9 Å². The summed E-state index contributed by atoms with van der Waals surface area (Å²) >= 11 is 1.34. The Morgan fingerprint density at radius 1 is 1.38 bits per heavy atom. The van der Waals surface area contributed by atoms with E-state index in [9.17, 15) is 4.79 Å². The van der Waals surface area contributed by atoms with Crippen molar-refractivity contribution in [3.05, 3.63) is 22.6 Å². The number of ether oxygens (including phenoxy) is 1. The normalized spacial score (nSPS) is 11.4. The Balaban J connectivity index is 2.23. The molecule has 3 heterocycles. The topological polar surface area (TPSA) is 69.4 Å². The first-order valence-electron chi connectivity index (χ1n) is 6.96. The third kappa shape index (κ3) is 2.17. The number of nitrogens with zero attached hydrogens (tertiary/aromatic N) is 4. The minimum Gasteiger partial charge on any atom is -0.462 e. The smallest absolute Gasteiger partial charge is 0.348 e. The lowest BCUT2D eigenvalue weighted by atomic mass is 10.2. The van der Waals surface area contributed by atoms with E-state index in [1.165, 1.54) is 11.3 Å². The molecule has 0 bridgehead atoms. The Bertz CT molecular complexity index is 821. The van der Waals surface area contributed by atoms with E-state index in [-0.39, 0.29) is 5.97 Å². The van der Waals surface area contributed by atoms with Crippen molar-refractivity contribution in [1.82, 2.24) is 19.6 Å². The quantitative estimate of drug-likeness (QED) is 0.693. The summed E-state index contributed by atoms with van der Waals surface area (Å²) in [5.41, 5.74) is 1.62. The van der Waals surface area contributed by atoms with Gasteiger partial charge in [-0.3, -0.25) is 4.40 Å². The fourth-order valence-corrected chi connectivity index (χ4v) is 3.40. The van der Waals surface area contributed by atoms with Crippen molar-refractivity contribution in [3.8, 4) is 0 Å². The summed E-state index contributed by atoms with van der Waals surface area (Å²) < 4.78 is 7.00. The molecule has 6 nitrogen and oxygen atoms in total. The Morgan fingerprint density at radius 3 is 2.90 bits per heavy atom. The second kappa shape index (κ2) is 5.40. The van der Waals surface area contributed by atoms with Gasteiger partial charge in [-0.1, -0.05) is 6.92 Å². The molecule has 0 aromatic carbocycles. The third-order valence-electron chi connectivity index (χ3n) is 3.34. The Hall–Kier alpha value is -2.02. The van der Waals surface area contributed by atoms with E-state index in [0.29, 0.717) is 11.5 Å². The highest BCUT2D eigenvalue weighted by atomic mass is 32.1. The Morgan fingerprint density at radius 2 is 2.19 bits per heavy atom. The van der Waals surface area contributed by atoms with E-state index in [1.807, 2.05) is 11.3 Å². The Labute approximate surface area is 125 Å². The maximum absolute atomic E-state index is 12.0. The molecule has 0 amide bonds. The molecule has 0 spiro atoms. The zero-order valence-electron chi connectivity index (χ0n) is 12.2. The van der Waals surface area contributed by atoms with Crippen LogP contribution < -0.4 is 0 Å². The van der Waals surface area contributed by atoms with Gasteiger partial charge in [-0.2, -0.15) is 0 Å². The summed E-state index contributed by atoms with van der Waals surface area (Å²) in [6, 6.07) is 0. The minimum absolute atomic E-state index is 0.301. The number of aryl methyl sites for hydroxylation is 2. The van der Waals surface area contributed by atoms with Crippen LogP contribution in [0.1, 0.15) is 41.3 Å². The van der Waals surface area contributed by atoms with Crippen LogP contribution >= 0.6 is 11.3 Å².